The third kappa shape index (κ3) is 3.49. The van der Waals surface area contributed by atoms with Crippen molar-refractivity contribution >= 4 is 0 Å². The minimum absolute atomic E-state index is 0.0660. The van der Waals surface area contributed by atoms with Crippen LogP contribution in [-0.4, -0.2) is 21.4 Å². The van der Waals surface area contributed by atoms with Gasteiger partial charge in [0, 0.05) is 12.6 Å². The number of aromatic nitrogens is 2. The summed E-state index contributed by atoms with van der Waals surface area (Å²) in [7, 11) is 0. The molecule has 0 saturated heterocycles. The second-order valence-electron chi connectivity index (χ2n) is 5.17. The van der Waals surface area contributed by atoms with Gasteiger partial charge in [-0.25, -0.2) is 0 Å². The van der Waals surface area contributed by atoms with Crippen LogP contribution in [0.1, 0.15) is 30.2 Å². The first-order chi connectivity index (χ1) is 10.0. The van der Waals surface area contributed by atoms with Crippen LogP contribution in [0.4, 0.5) is 0 Å². The summed E-state index contributed by atoms with van der Waals surface area (Å²) in [6.45, 7) is 7.35. The molecule has 0 amide bonds. The number of aryl methyl sites for hydroxylation is 2. The normalized spacial score (nSPS) is 10.8. The van der Waals surface area contributed by atoms with Crippen LogP contribution < -0.4 is 10.9 Å². The Morgan fingerprint density at radius 3 is 2.67 bits per heavy atom. The van der Waals surface area contributed by atoms with Crippen LogP contribution in [0.5, 0.6) is 5.75 Å². The van der Waals surface area contributed by atoms with Crippen LogP contribution >= 0.6 is 0 Å². The number of nitrogens with one attached hydrogen (secondary N) is 1. The fourth-order valence-electron chi connectivity index (χ4n) is 2.03. The van der Waals surface area contributed by atoms with Gasteiger partial charge in [-0.2, -0.15) is 9.78 Å². The SMILES string of the molecule is CCCNCc1nn(-c2ccc(C)c(C)c2)c(=O)cc1O. The Bertz CT molecular complexity index is 692. The minimum Gasteiger partial charge on any atom is -0.506 e. The predicted octanol–water partition coefficient (Wildman–Crippen LogP) is 2.05. The van der Waals surface area contributed by atoms with Crippen molar-refractivity contribution in [3.63, 3.8) is 0 Å². The standard InChI is InChI=1S/C16H21N3O2/c1-4-7-17-10-14-15(20)9-16(21)19(18-14)13-6-5-11(2)12(3)8-13/h5-6,8-9,17,20H,4,7,10H2,1-3H3. The lowest BCUT2D eigenvalue weighted by molar-refractivity contribution is 0.451. The molecule has 21 heavy (non-hydrogen) atoms. The van der Waals surface area contributed by atoms with Gasteiger partial charge in [0.25, 0.3) is 5.56 Å². The molecule has 0 aliphatic heterocycles. The highest BCUT2D eigenvalue weighted by molar-refractivity contribution is 5.39. The molecular weight excluding hydrogens is 266 g/mol. The molecule has 2 rings (SSSR count). The monoisotopic (exact) mass is 287 g/mol. The van der Waals surface area contributed by atoms with Gasteiger partial charge in [-0.3, -0.25) is 4.79 Å². The highest BCUT2D eigenvalue weighted by atomic mass is 16.3. The fraction of sp³-hybridized carbons (Fsp3) is 0.375. The Morgan fingerprint density at radius 2 is 2.00 bits per heavy atom. The van der Waals surface area contributed by atoms with Gasteiger partial charge in [0.1, 0.15) is 11.4 Å². The lowest BCUT2D eigenvalue weighted by Gasteiger charge is -2.10. The van der Waals surface area contributed by atoms with E-state index in [1.807, 2.05) is 32.0 Å². The first kappa shape index (κ1) is 15.3. The van der Waals surface area contributed by atoms with E-state index in [0.717, 1.165) is 24.1 Å². The predicted molar refractivity (Wildman–Crippen MR) is 83.0 cm³/mol. The molecule has 5 heteroatoms. The second kappa shape index (κ2) is 6.54. The van der Waals surface area contributed by atoms with Gasteiger partial charge in [-0.15, -0.1) is 0 Å². The van der Waals surface area contributed by atoms with Crippen molar-refractivity contribution < 1.29 is 5.11 Å². The zero-order valence-corrected chi connectivity index (χ0v) is 12.7. The van der Waals surface area contributed by atoms with E-state index in [4.69, 9.17) is 0 Å². The lowest BCUT2D eigenvalue weighted by Crippen LogP contribution is -2.24. The van der Waals surface area contributed by atoms with Crippen molar-refractivity contribution in [3.8, 4) is 11.4 Å². The molecule has 5 nitrogen and oxygen atoms in total. The van der Waals surface area contributed by atoms with Crippen LogP contribution in [0.2, 0.25) is 0 Å². The number of rotatable bonds is 5. The van der Waals surface area contributed by atoms with Gasteiger partial charge in [0.2, 0.25) is 0 Å². The Kier molecular flexibility index (Phi) is 4.75. The van der Waals surface area contributed by atoms with Crippen molar-refractivity contribution in [1.82, 2.24) is 15.1 Å². The van der Waals surface area contributed by atoms with Crippen molar-refractivity contribution in [1.29, 1.82) is 0 Å². The summed E-state index contributed by atoms with van der Waals surface area (Å²) in [5.74, 6) is -0.0660. The molecule has 0 saturated carbocycles. The van der Waals surface area contributed by atoms with E-state index in [2.05, 4.69) is 17.3 Å². The number of nitrogens with zero attached hydrogens (tertiary/aromatic N) is 2. The van der Waals surface area contributed by atoms with E-state index < -0.39 is 0 Å². The van der Waals surface area contributed by atoms with Crippen molar-refractivity contribution in [3.05, 3.63) is 51.4 Å². The first-order valence-corrected chi connectivity index (χ1v) is 7.13. The summed E-state index contributed by atoms with van der Waals surface area (Å²) >= 11 is 0. The average molecular weight is 287 g/mol. The highest BCUT2D eigenvalue weighted by Crippen LogP contribution is 2.15. The van der Waals surface area contributed by atoms with Crippen LogP contribution in [0.3, 0.4) is 0 Å². The number of hydrogen-bond donors (Lipinski definition) is 2. The molecule has 0 aliphatic carbocycles. The van der Waals surface area contributed by atoms with Gasteiger partial charge in [-0.1, -0.05) is 13.0 Å². The van der Waals surface area contributed by atoms with Gasteiger partial charge < -0.3 is 10.4 Å². The molecule has 0 unspecified atom stereocenters. The number of benzene rings is 1. The molecule has 1 aromatic carbocycles. The third-order valence-electron chi connectivity index (χ3n) is 3.44. The lowest BCUT2D eigenvalue weighted by atomic mass is 10.1. The Labute approximate surface area is 124 Å². The number of aromatic hydroxyl groups is 1. The topological polar surface area (TPSA) is 67.2 Å². The molecular formula is C16H21N3O2. The summed E-state index contributed by atoms with van der Waals surface area (Å²) in [6, 6.07) is 6.95. The number of hydrogen-bond acceptors (Lipinski definition) is 4. The van der Waals surface area contributed by atoms with Crippen LogP contribution in [0, 0.1) is 13.8 Å². The second-order valence-corrected chi connectivity index (χ2v) is 5.17. The van der Waals surface area contributed by atoms with Gasteiger partial charge in [0.05, 0.1) is 5.69 Å². The molecule has 2 N–H and O–H groups in total. The summed E-state index contributed by atoms with van der Waals surface area (Å²) in [6.07, 6.45) is 0.998. The zero-order chi connectivity index (χ0) is 15.4. The summed E-state index contributed by atoms with van der Waals surface area (Å²) in [4.78, 5) is 12.0. The highest BCUT2D eigenvalue weighted by Gasteiger charge is 2.09. The smallest absolute Gasteiger partial charge is 0.275 e. The van der Waals surface area contributed by atoms with Gasteiger partial charge >= 0.3 is 0 Å². The van der Waals surface area contributed by atoms with E-state index in [-0.39, 0.29) is 11.3 Å². The average Bonchev–Trinajstić information content (AvgIpc) is 2.44. The maximum atomic E-state index is 12.0. The molecule has 0 fully saturated rings. The summed E-state index contributed by atoms with van der Waals surface area (Å²) in [5.41, 5.74) is 3.10. The van der Waals surface area contributed by atoms with Crippen molar-refractivity contribution in [2.75, 3.05) is 6.54 Å². The maximum absolute atomic E-state index is 12.0. The summed E-state index contributed by atoms with van der Waals surface area (Å²) < 4.78 is 1.33. The quantitative estimate of drug-likeness (QED) is 0.826. The Balaban J connectivity index is 2.40. The van der Waals surface area contributed by atoms with Gasteiger partial charge in [-0.05, 0) is 50.1 Å². The van der Waals surface area contributed by atoms with E-state index in [1.54, 1.807) is 0 Å². The molecule has 0 spiro atoms. The fourth-order valence-corrected chi connectivity index (χ4v) is 2.03. The van der Waals surface area contributed by atoms with Crippen molar-refractivity contribution in [2.45, 2.75) is 33.7 Å². The molecule has 0 bridgehead atoms. The van der Waals surface area contributed by atoms with E-state index in [0.29, 0.717) is 17.9 Å². The summed E-state index contributed by atoms with van der Waals surface area (Å²) in [5, 5.41) is 17.3. The van der Waals surface area contributed by atoms with Gasteiger partial charge in [0.15, 0.2) is 0 Å². The van der Waals surface area contributed by atoms with Crippen molar-refractivity contribution in [2.24, 2.45) is 0 Å². The maximum Gasteiger partial charge on any atom is 0.275 e. The van der Waals surface area contributed by atoms with Crippen LogP contribution in [-0.2, 0) is 6.54 Å². The molecule has 2 aromatic rings. The van der Waals surface area contributed by atoms with E-state index in [9.17, 15) is 9.90 Å². The first-order valence-electron chi connectivity index (χ1n) is 7.13. The molecule has 1 heterocycles. The molecule has 0 aliphatic rings. The zero-order valence-electron chi connectivity index (χ0n) is 12.7. The Morgan fingerprint density at radius 1 is 1.24 bits per heavy atom. The molecule has 0 atom stereocenters. The third-order valence-corrected chi connectivity index (χ3v) is 3.44. The minimum atomic E-state index is -0.338. The molecule has 1 aromatic heterocycles. The Hall–Kier alpha value is -2.14. The molecule has 112 valence electrons. The van der Waals surface area contributed by atoms with Crippen LogP contribution in [0.25, 0.3) is 5.69 Å². The van der Waals surface area contributed by atoms with E-state index >= 15 is 0 Å². The largest absolute Gasteiger partial charge is 0.506 e. The molecule has 0 radical (unpaired) electrons. The van der Waals surface area contributed by atoms with E-state index in [1.165, 1.54) is 10.7 Å². The van der Waals surface area contributed by atoms with Crippen LogP contribution in [0.15, 0.2) is 29.1 Å².